The van der Waals surface area contributed by atoms with E-state index in [2.05, 4.69) is 12.1 Å². The topological polar surface area (TPSA) is 58.7 Å². The van der Waals surface area contributed by atoms with Gasteiger partial charge in [0, 0.05) is 18.6 Å². The summed E-state index contributed by atoms with van der Waals surface area (Å²) < 4.78 is 0. The van der Waals surface area contributed by atoms with Gasteiger partial charge in [0.25, 0.3) is 5.69 Å². The van der Waals surface area contributed by atoms with Crippen LogP contribution in [0.2, 0.25) is 0 Å². The van der Waals surface area contributed by atoms with Gasteiger partial charge < -0.3 is 0 Å². The molecule has 3 aromatic carbocycles. The van der Waals surface area contributed by atoms with E-state index in [1.54, 1.807) is 12.1 Å². The van der Waals surface area contributed by atoms with Gasteiger partial charge in [-0.05, 0) is 35.4 Å². The molecule has 0 bridgehead atoms. The molecule has 0 saturated carbocycles. The Morgan fingerprint density at radius 1 is 0.885 bits per heavy atom. The molecular weight excluding hydrogens is 326 g/mol. The third-order valence-corrected chi connectivity index (χ3v) is 4.53. The smallest absolute Gasteiger partial charge is 0.258 e. The summed E-state index contributed by atoms with van der Waals surface area (Å²) >= 11 is 0. The van der Waals surface area contributed by atoms with Gasteiger partial charge in [0.1, 0.15) is 0 Å². The minimum absolute atomic E-state index is 0.0897. The first-order valence-corrected chi connectivity index (χ1v) is 8.44. The van der Waals surface area contributed by atoms with Gasteiger partial charge in [0.2, 0.25) is 0 Å². The van der Waals surface area contributed by atoms with Crippen molar-refractivity contribution in [3.8, 4) is 0 Å². The maximum atomic E-state index is 10.9. The zero-order valence-electron chi connectivity index (χ0n) is 14.0. The number of nitrogens with zero attached hydrogens (tertiary/aromatic N) is 3. The Bertz CT molecular complexity index is 938. The number of para-hydroxylation sites is 1. The van der Waals surface area contributed by atoms with Crippen LogP contribution in [0.25, 0.3) is 0 Å². The number of non-ortho nitro benzene ring substituents is 1. The van der Waals surface area contributed by atoms with Crippen molar-refractivity contribution in [3.05, 3.63) is 106 Å². The molecule has 0 aliphatic carbocycles. The summed E-state index contributed by atoms with van der Waals surface area (Å²) in [5.41, 5.74) is 4.15. The highest BCUT2D eigenvalue weighted by Gasteiger charge is 2.29. The van der Waals surface area contributed by atoms with Crippen LogP contribution in [0, 0.1) is 10.1 Å². The summed E-state index contributed by atoms with van der Waals surface area (Å²) in [5, 5.41) is 17.7. The number of rotatable bonds is 4. The predicted octanol–water partition coefficient (Wildman–Crippen LogP) is 4.95. The highest BCUT2D eigenvalue weighted by Crippen LogP contribution is 2.36. The molecule has 3 aromatic rings. The number of anilines is 1. The quantitative estimate of drug-likeness (QED) is 0.497. The monoisotopic (exact) mass is 343 g/mol. The lowest BCUT2D eigenvalue weighted by Crippen LogP contribution is -2.18. The van der Waals surface area contributed by atoms with Crippen LogP contribution in [0.15, 0.2) is 90.0 Å². The molecule has 1 heterocycles. The van der Waals surface area contributed by atoms with Crippen molar-refractivity contribution in [2.45, 2.75) is 12.5 Å². The molecule has 1 aliphatic heterocycles. The van der Waals surface area contributed by atoms with Crippen LogP contribution in [-0.2, 0) is 0 Å². The molecule has 0 saturated heterocycles. The second-order valence-corrected chi connectivity index (χ2v) is 6.16. The zero-order chi connectivity index (χ0) is 17.9. The number of benzene rings is 3. The van der Waals surface area contributed by atoms with Crippen LogP contribution >= 0.6 is 0 Å². The first-order chi connectivity index (χ1) is 12.7. The summed E-state index contributed by atoms with van der Waals surface area (Å²) in [7, 11) is 0. The van der Waals surface area contributed by atoms with Crippen LogP contribution in [0.4, 0.5) is 11.4 Å². The molecule has 0 amide bonds. The molecule has 0 aromatic heterocycles. The van der Waals surface area contributed by atoms with Crippen molar-refractivity contribution in [1.29, 1.82) is 0 Å². The fraction of sp³-hybridized carbons (Fsp3) is 0.0952. The predicted molar refractivity (Wildman–Crippen MR) is 102 cm³/mol. The van der Waals surface area contributed by atoms with Gasteiger partial charge in [-0.3, -0.25) is 15.1 Å². The molecule has 0 spiro atoms. The second kappa shape index (κ2) is 6.80. The van der Waals surface area contributed by atoms with Crippen molar-refractivity contribution >= 4 is 17.1 Å². The minimum Gasteiger partial charge on any atom is -0.258 e. The Morgan fingerprint density at radius 2 is 1.50 bits per heavy atom. The number of hydrazone groups is 1. The third-order valence-electron chi connectivity index (χ3n) is 4.53. The second-order valence-electron chi connectivity index (χ2n) is 6.16. The van der Waals surface area contributed by atoms with Crippen LogP contribution in [0.1, 0.15) is 23.6 Å². The van der Waals surface area contributed by atoms with E-state index in [0.29, 0.717) is 0 Å². The highest BCUT2D eigenvalue weighted by atomic mass is 16.6. The van der Waals surface area contributed by atoms with Gasteiger partial charge in [-0.2, -0.15) is 5.10 Å². The van der Waals surface area contributed by atoms with Gasteiger partial charge in [-0.1, -0.05) is 48.5 Å². The molecule has 0 radical (unpaired) electrons. The molecule has 4 rings (SSSR count). The maximum Gasteiger partial charge on any atom is 0.269 e. The van der Waals surface area contributed by atoms with Gasteiger partial charge in [0.05, 0.1) is 22.4 Å². The van der Waals surface area contributed by atoms with E-state index < -0.39 is 0 Å². The van der Waals surface area contributed by atoms with Crippen LogP contribution < -0.4 is 5.01 Å². The molecule has 1 atom stereocenters. The van der Waals surface area contributed by atoms with Crippen molar-refractivity contribution < 1.29 is 4.92 Å². The van der Waals surface area contributed by atoms with E-state index in [1.807, 2.05) is 53.5 Å². The third kappa shape index (κ3) is 3.07. The largest absolute Gasteiger partial charge is 0.269 e. The Balaban J connectivity index is 1.71. The number of hydrogen-bond donors (Lipinski definition) is 0. The Labute approximate surface area is 151 Å². The first kappa shape index (κ1) is 16.0. The van der Waals surface area contributed by atoms with Crippen LogP contribution in [0.5, 0.6) is 0 Å². The van der Waals surface area contributed by atoms with Gasteiger partial charge in [0.15, 0.2) is 0 Å². The van der Waals surface area contributed by atoms with E-state index in [9.17, 15) is 10.1 Å². The van der Waals surface area contributed by atoms with Crippen molar-refractivity contribution in [2.75, 3.05) is 5.01 Å². The molecule has 5 heteroatoms. The maximum absolute atomic E-state index is 10.9. The lowest BCUT2D eigenvalue weighted by molar-refractivity contribution is -0.384. The molecule has 128 valence electrons. The van der Waals surface area contributed by atoms with Crippen LogP contribution in [0.3, 0.4) is 0 Å². The SMILES string of the molecule is O=[N+]([O-])c1ccc(C2=NN(c3ccccc3)C(c3ccccc3)C2)cc1. The average molecular weight is 343 g/mol. The minimum atomic E-state index is -0.386. The van der Waals surface area contributed by atoms with E-state index >= 15 is 0 Å². The van der Waals surface area contributed by atoms with E-state index in [0.717, 1.165) is 23.4 Å². The molecule has 1 unspecified atom stereocenters. The number of nitro benzene ring substituents is 1. The van der Waals surface area contributed by atoms with Crippen molar-refractivity contribution in [2.24, 2.45) is 5.10 Å². The molecule has 26 heavy (non-hydrogen) atoms. The summed E-state index contributed by atoms with van der Waals surface area (Å²) in [6, 6.07) is 27.0. The van der Waals surface area contributed by atoms with Crippen LogP contribution in [-0.4, -0.2) is 10.6 Å². The summed E-state index contributed by atoms with van der Waals surface area (Å²) in [6.45, 7) is 0. The summed E-state index contributed by atoms with van der Waals surface area (Å²) in [6.07, 6.45) is 0.747. The Kier molecular flexibility index (Phi) is 4.19. The first-order valence-electron chi connectivity index (χ1n) is 8.44. The van der Waals surface area contributed by atoms with Gasteiger partial charge in [-0.15, -0.1) is 0 Å². The van der Waals surface area contributed by atoms with E-state index in [1.165, 1.54) is 17.7 Å². The van der Waals surface area contributed by atoms with Crippen molar-refractivity contribution in [1.82, 2.24) is 0 Å². The molecule has 0 fully saturated rings. The molecule has 5 nitrogen and oxygen atoms in total. The lowest BCUT2D eigenvalue weighted by Gasteiger charge is -2.23. The van der Waals surface area contributed by atoms with E-state index in [-0.39, 0.29) is 16.7 Å². The Hall–Kier alpha value is -3.47. The zero-order valence-corrected chi connectivity index (χ0v) is 14.0. The molecular formula is C21H17N3O2. The standard InChI is InChI=1S/C21H17N3O2/c25-24(26)19-13-11-16(12-14-19)20-15-21(17-7-3-1-4-8-17)23(22-20)18-9-5-2-6-10-18/h1-14,21H,15H2. The fourth-order valence-corrected chi connectivity index (χ4v) is 3.21. The molecule has 0 N–H and O–H groups in total. The normalized spacial score (nSPS) is 16.4. The Morgan fingerprint density at radius 3 is 2.12 bits per heavy atom. The van der Waals surface area contributed by atoms with Crippen molar-refractivity contribution in [3.63, 3.8) is 0 Å². The lowest BCUT2D eigenvalue weighted by atomic mass is 9.98. The fourth-order valence-electron chi connectivity index (χ4n) is 3.21. The number of nitro groups is 1. The highest BCUT2D eigenvalue weighted by molar-refractivity contribution is 6.03. The number of hydrogen-bond acceptors (Lipinski definition) is 4. The summed E-state index contributed by atoms with van der Waals surface area (Å²) in [5.74, 6) is 0. The average Bonchev–Trinajstić information content (AvgIpc) is 3.15. The van der Waals surface area contributed by atoms with E-state index in [4.69, 9.17) is 5.10 Å². The van der Waals surface area contributed by atoms with Gasteiger partial charge >= 0.3 is 0 Å². The van der Waals surface area contributed by atoms with Gasteiger partial charge in [-0.25, -0.2) is 0 Å². The molecule has 1 aliphatic rings. The summed E-state index contributed by atoms with van der Waals surface area (Å²) in [4.78, 5) is 10.5.